The average molecular weight is 290 g/mol. The maximum Gasteiger partial charge on any atom is 0.321 e. The van der Waals surface area contributed by atoms with Crippen LogP contribution in [0, 0.1) is 0 Å². The maximum absolute atomic E-state index is 11.4. The maximum atomic E-state index is 11.4. The van der Waals surface area contributed by atoms with Crippen molar-refractivity contribution < 1.29 is 9.90 Å². The fraction of sp³-hybridized carbons (Fsp3) is 0.462. The molecule has 1 atom stereocenters. The number of nitrogens with zero attached hydrogens (tertiary/aromatic N) is 1. The van der Waals surface area contributed by atoms with Crippen LogP contribution >= 0.6 is 23.2 Å². The van der Waals surface area contributed by atoms with E-state index in [9.17, 15) is 9.90 Å². The van der Waals surface area contributed by atoms with Gasteiger partial charge in [0, 0.05) is 24.8 Å². The van der Waals surface area contributed by atoms with E-state index in [-0.39, 0.29) is 0 Å². The van der Waals surface area contributed by atoms with Crippen LogP contribution < -0.4 is 0 Å². The number of carbonyl (C=O) groups is 1. The number of rotatable bonds is 8. The molecule has 0 bridgehead atoms. The molecular weight excluding hydrogens is 273 g/mol. The lowest BCUT2D eigenvalue weighted by molar-refractivity contribution is -0.143. The lowest BCUT2D eigenvalue weighted by atomic mass is 10.0. The Morgan fingerprint density at radius 1 is 1.17 bits per heavy atom. The number of hydrogen-bond acceptors (Lipinski definition) is 2. The summed E-state index contributed by atoms with van der Waals surface area (Å²) in [5, 5.41) is 9.33. The van der Waals surface area contributed by atoms with Crippen molar-refractivity contribution in [2.45, 2.75) is 12.5 Å². The second-order valence-electron chi connectivity index (χ2n) is 3.96. The monoisotopic (exact) mass is 289 g/mol. The highest BCUT2D eigenvalue weighted by Crippen LogP contribution is 2.10. The summed E-state index contributed by atoms with van der Waals surface area (Å²) < 4.78 is 0. The molecule has 1 aromatic carbocycles. The minimum Gasteiger partial charge on any atom is -0.480 e. The predicted molar refractivity (Wildman–Crippen MR) is 74.6 cm³/mol. The van der Waals surface area contributed by atoms with Gasteiger partial charge in [0.1, 0.15) is 6.04 Å². The van der Waals surface area contributed by atoms with Gasteiger partial charge in [-0.1, -0.05) is 30.3 Å². The SMILES string of the molecule is O=C(O)[C@H](Cc1ccccc1)N(CCCl)CCCl. The lowest BCUT2D eigenvalue weighted by Gasteiger charge is -2.27. The van der Waals surface area contributed by atoms with Gasteiger partial charge < -0.3 is 5.11 Å². The van der Waals surface area contributed by atoms with E-state index in [1.807, 2.05) is 35.2 Å². The molecule has 5 heteroatoms. The summed E-state index contributed by atoms with van der Waals surface area (Å²) in [5.74, 6) is -0.0423. The number of halogens is 2. The van der Waals surface area contributed by atoms with E-state index >= 15 is 0 Å². The summed E-state index contributed by atoms with van der Waals surface area (Å²) in [6.45, 7) is 1.05. The highest BCUT2D eigenvalue weighted by atomic mass is 35.5. The van der Waals surface area contributed by atoms with Crippen LogP contribution in [0.2, 0.25) is 0 Å². The van der Waals surface area contributed by atoms with Crippen molar-refractivity contribution in [3.05, 3.63) is 35.9 Å². The fourth-order valence-electron chi connectivity index (χ4n) is 1.85. The van der Waals surface area contributed by atoms with Crippen LogP contribution in [0.3, 0.4) is 0 Å². The first-order valence-electron chi connectivity index (χ1n) is 5.81. The molecule has 0 fully saturated rings. The minimum atomic E-state index is -0.839. The zero-order valence-corrected chi connectivity index (χ0v) is 11.6. The number of hydrogen-bond donors (Lipinski definition) is 1. The zero-order chi connectivity index (χ0) is 13.4. The molecule has 1 N–H and O–H groups in total. The summed E-state index contributed by atoms with van der Waals surface area (Å²) in [4.78, 5) is 13.2. The van der Waals surface area contributed by atoms with E-state index in [0.717, 1.165) is 5.56 Å². The van der Waals surface area contributed by atoms with Gasteiger partial charge in [0.2, 0.25) is 0 Å². The molecule has 18 heavy (non-hydrogen) atoms. The largest absolute Gasteiger partial charge is 0.480 e. The van der Waals surface area contributed by atoms with Crippen LogP contribution in [-0.4, -0.2) is 46.9 Å². The first-order valence-corrected chi connectivity index (χ1v) is 6.88. The third-order valence-corrected chi connectivity index (χ3v) is 3.08. The third kappa shape index (κ3) is 4.84. The fourth-order valence-corrected chi connectivity index (χ4v) is 2.28. The van der Waals surface area contributed by atoms with Crippen LogP contribution in [0.15, 0.2) is 30.3 Å². The topological polar surface area (TPSA) is 40.5 Å². The van der Waals surface area contributed by atoms with Crippen LogP contribution in [0.4, 0.5) is 0 Å². The smallest absolute Gasteiger partial charge is 0.321 e. The second kappa shape index (κ2) is 8.35. The summed E-state index contributed by atoms with van der Waals surface area (Å²) in [6, 6.07) is 8.99. The molecule has 3 nitrogen and oxygen atoms in total. The van der Waals surface area contributed by atoms with Crippen molar-refractivity contribution in [3.63, 3.8) is 0 Å². The molecule has 0 aromatic heterocycles. The van der Waals surface area contributed by atoms with Gasteiger partial charge >= 0.3 is 5.97 Å². The van der Waals surface area contributed by atoms with E-state index in [2.05, 4.69) is 0 Å². The Hall–Kier alpha value is -0.770. The first kappa shape index (κ1) is 15.3. The van der Waals surface area contributed by atoms with Crippen LogP contribution in [0.5, 0.6) is 0 Å². The molecule has 0 aliphatic rings. The Balaban J connectivity index is 2.77. The lowest BCUT2D eigenvalue weighted by Crippen LogP contribution is -2.44. The number of aliphatic carboxylic acids is 1. The van der Waals surface area contributed by atoms with Crippen molar-refractivity contribution in [3.8, 4) is 0 Å². The number of carboxylic acids is 1. The summed E-state index contributed by atoms with van der Waals surface area (Å²) in [5.41, 5.74) is 0.999. The van der Waals surface area contributed by atoms with Crippen LogP contribution in [0.25, 0.3) is 0 Å². The molecule has 0 aliphatic heterocycles. The molecule has 0 aliphatic carbocycles. The predicted octanol–water partition coefficient (Wildman–Crippen LogP) is 2.46. The van der Waals surface area contributed by atoms with Crippen molar-refractivity contribution in [1.82, 2.24) is 4.90 Å². The van der Waals surface area contributed by atoms with E-state index < -0.39 is 12.0 Å². The van der Waals surface area contributed by atoms with Gasteiger partial charge in [0.25, 0.3) is 0 Å². The molecule has 0 heterocycles. The van der Waals surface area contributed by atoms with Gasteiger partial charge in [-0.05, 0) is 12.0 Å². The molecule has 0 saturated heterocycles. The molecule has 0 saturated carbocycles. The first-order chi connectivity index (χ1) is 8.69. The van der Waals surface area contributed by atoms with E-state index in [1.165, 1.54) is 0 Å². The van der Waals surface area contributed by atoms with Gasteiger partial charge in [-0.2, -0.15) is 0 Å². The normalized spacial score (nSPS) is 12.6. The molecule has 0 unspecified atom stereocenters. The van der Waals surface area contributed by atoms with E-state index in [0.29, 0.717) is 31.3 Å². The van der Waals surface area contributed by atoms with Gasteiger partial charge in [-0.3, -0.25) is 9.69 Å². The molecule has 0 radical (unpaired) electrons. The highest BCUT2D eigenvalue weighted by molar-refractivity contribution is 6.18. The molecule has 0 spiro atoms. The zero-order valence-electron chi connectivity index (χ0n) is 10.1. The van der Waals surface area contributed by atoms with Crippen molar-refractivity contribution in [2.75, 3.05) is 24.8 Å². The summed E-state index contributed by atoms with van der Waals surface area (Å²) in [6.07, 6.45) is 0.462. The Labute approximate surface area is 117 Å². The molecule has 0 amide bonds. The van der Waals surface area contributed by atoms with Crippen molar-refractivity contribution in [1.29, 1.82) is 0 Å². The molecule has 100 valence electrons. The quantitative estimate of drug-likeness (QED) is 0.748. The summed E-state index contributed by atoms with van der Waals surface area (Å²) >= 11 is 11.4. The summed E-state index contributed by atoms with van der Waals surface area (Å²) in [7, 11) is 0. The van der Waals surface area contributed by atoms with Crippen molar-refractivity contribution >= 4 is 29.2 Å². The van der Waals surface area contributed by atoms with Crippen LogP contribution in [-0.2, 0) is 11.2 Å². The van der Waals surface area contributed by atoms with Crippen molar-refractivity contribution in [2.24, 2.45) is 0 Å². The highest BCUT2D eigenvalue weighted by Gasteiger charge is 2.24. The molecule has 1 rings (SSSR count). The number of alkyl halides is 2. The standard InChI is InChI=1S/C13H17Cl2NO2/c14-6-8-16(9-7-15)12(13(17)18)10-11-4-2-1-3-5-11/h1-5,12H,6-10H2,(H,17,18)/t12-/m0/s1. The Morgan fingerprint density at radius 3 is 2.17 bits per heavy atom. The minimum absolute atomic E-state index is 0.398. The average Bonchev–Trinajstić information content (AvgIpc) is 2.37. The molecular formula is C13H17Cl2NO2. The third-order valence-electron chi connectivity index (χ3n) is 2.74. The van der Waals surface area contributed by atoms with E-state index in [1.54, 1.807) is 0 Å². The van der Waals surface area contributed by atoms with Gasteiger partial charge in [-0.25, -0.2) is 0 Å². The number of carboxylic acid groups (broad SMARTS) is 1. The Bertz CT molecular complexity index is 353. The molecule has 1 aromatic rings. The Kier molecular flexibility index (Phi) is 7.09. The van der Waals surface area contributed by atoms with E-state index in [4.69, 9.17) is 23.2 Å². The number of benzene rings is 1. The second-order valence-corrected chi connectivity index (χ2v) is 4.71. The van der Waals surface area contributed by atoms with Gasteiger partial charge in [0.15, 0.2) is 0 Å². The van der Waals surface area contributed by atoms with Crippen LogP contribution in [0.1, 0.15) is 5.56 Å². The Morgan fingerprint density at radius 2 is 1.72 bits per heavy atom. The van der Waals surface area contributed by atoms with Gasteiger partial charge in [0.05, 0.1) is 0 Å². The van der Waals surface area contributed by atoms with Gasteiger partial charge in [-0.15, -0.1) is 23.2 Å².